The van der Waals surface area contributed by atoms with Crippen molar-refractivity contribution in [2.75, 3.05) is 6.61 Å². The molecule has 1 N–H and O–H groups in total. The summed E-state index contributed by atoms with van der Waals surface area (Å²) in [5.74, 6) is -1.61. The lowest BCUT2D eigenvalue weighted by molar-refractivity contribution is -0.384. The van der Waals surface area contributed by atoms with Crippen molar-refractivity contribution in [2.24, 2.45) is 4.99 Å². The highest BCUT2D eigenvalue weighted by atomic mass is 32.2. The largest absolute Gasteiger partial charge is 0.506 e. The molecule has 1 heterocycles. The lowest BCUT2D eigenvalue weighted by atomic mass is 10.1. The summed E-state index contributed by atoms with van der Waals surface area (Å²) in [6, 6.07) is 5.80. The number of thioether (sulfide) groups is 1. The van der Waals surface area contributed by atoms with Gasteiger partial charge in [-0.05, 0) is 18.6 Å². The van der Waals surface area contributed by atoms with E-state index < -0.39 is 16.8 Å². The Balaban J connectivity index is 2.48. The van der Waals surface area contributed by atoms with Gasteiger partial charge in [-0.1, -0.05) is 30.8 Å². The second kappa shape index (κ2) is 8.43. The number of esters is 1. The molecule has 9 heteroatoms. The average Bonchev–Trinajstić information content (AvgIpc) is 2.90. The van der Waals surface area contributed by atoms with E-state index in [0.717, 1.165) is 11.8 Å². The third-order valence-corrected chi connectivity index (χ3v) is 4.30. The zero-order valence-electron chi connectivity index (χ0n) is 14.1. The monoisotopic (exact) mass is 376 g/mol. The Morgan fingerprint density at radius 3 is 2.73 bits per heavy atom. The van der Waals surface area contributed by atoms with Crippen LogP contribution in [-0.2, 0) is 14.3 Å². The summed E-state index contributed by atoms with van der Waals surface area (Å²) in [7, 11) is 0. The van der Waals surface area contributed by atoms with Crippen LogP contribution < -0.4 is 0 Å². The highest BCUT2D eigenvalue weighted by molar-refractivity contribution is 8.18. The van der Waals surface area contributed by atoms with Crippen LogP contribution in [0, 0.1) is 10.1 Å². The maximum atomic E-state index is 12.1. The lowest BCUT2D eigenvalue weighted by Crippen LogP contribution is -2.14. The summed E-state index contributed by atoms with van der Waals surface area (Å²) in [6.45, 7) is 3.34. The van der Waals surface area contributed by atoms with Gasteiger partial charge in [-0.2, -0.15) is 0 Å². The number of aliphatic hydroxyl groups excluding tert-OH is 1. The van der Waals surface area contributed by atoms with Crippen LogP contribution in [0.4, 0.5) is 5.69 Å². The van der Waals surface area contributed by atoms with E-state index in [4.69, 9.17) is 4.74 Å². The van der Waals surface area contributed by atoms with Crippen LogP contribution in [-0.4, -0.2) is 33.6 Å². The topological polar surface area (TPSA) is 119 Å². The van der Waals surface area contributed by atoms with E-state index in [2.05, 4.69) is 4.99 Å². The molecule has 26 heavy (non-hydrogen) atoms. The molecule has 136 valence electrons. The van der Waals surface area contributed by atoms with Crippen molar-refractivity contribution < 1.29 is 24.4 Å². The number of hydrogen-bond donors (Lipinski definition) is 1. The number of aliphatic hydroxyl groups is 1. The molecule has 8 nitrogen and oxygen atoms in total. The number of carbonyl (C=O) groups is 2. The molecule has 0 saturated heterocycles. The van der Waals surface area contributed by atoms with Gasteiger partial charge in [0.05, 0.1) is 16.4 Å². The minimum atomic E-state index is -0.789. The molecule has 1 aliphatic heterocycles. The number of amides is 1. The quantitative estimate of drug-likeness (QED) is 0.475. The molecule has 0 radical (unpaired) electrons. The van der Waals surface area contributed by atoms with Crippen LogP contribution in [0.15, 0.2) is 45.5 Å². The zero-order valence-corrected chi connectivity index (χ0v) is 14.9. The molecule has 0 aromatic heterocycles. The van der Waals surface area contributed by atoms with Gasteiger partial charge in [0.25, 0.3) is 5.69 Å². The first-order valence-electron chi connectivity index (χ1n) is 7.74. The fraction of sp³-hybridized carbons (Fsp3) is 0.235. The third-order valence-electron chi connectivity index (χ3n) is 3.28. The highest BCUT2D eigenvalue weighted by Crippen LogP contribution is 2.39. The van der Waals surface area contributed by atoms with Crippen LogP contribution >= 0.6 is 11.8 Å². The highest BCUT2D eigenvalue weighted by Gasteiger charge is 2.33. The molecule has 1 aromatic carbocycles. The average molecular weight is 376 g/mol. The molecule has 0 saturated carbocycles. The Morgan fingerprint density at radius 2 is 2.12 bits per heavy atom. The molecule has 0 atom stereocenters. The summed E-state index contributed by atoms with van der Waals surface area (Å²) in [4.78, 5) is 38.2. The standard InChI is InChI=1S/C17H16N2O6S/c1-3-13(20)18-16-14(17(22)25-4-2)15(21)12(26-16)9-10-6-5-7-11(8-10)19(23)24/h5-9,21H,3-4H2,1-2H3/b12-9-,18-16?. The van der Waals surface area contributed by atoms with E-state index in [-0.39, 0.29) is 40.0 Å². The van der Waals surface area contributed by atoms with Gasteiger partial charge in [-0.3, -0.25) is 14.9 Å². The second-order valence-corrected chi connectivity index (χ2v) is 6.10. The Hall–Kier alpha value is -2.94. The van der Waals surface area contributed by atoms with E-state index in [1.807, 2.05) is 0 Å². The summed E-state index contributed by atoms with van der Waals surface area (Å²) < 4.78 is 4.91. The summed E-state index contributed by atoms with van der Waals surface area (Å²) in [5.41, 5.74) is 0.168. The molecule has 1 aliphatic rings. The van der Waals surface area contributed by atoms with Crippen LogP contribution in [0.1, 0.15) is 25.8 Å². The molecule has 1 aromatic rings. The Morgan fingerprint density at radius 1 is 1.38 bits per heavy atom. The number of ether oxygens (including phenoxy) is 1. The van der Waals surface area contributed by atoms with Crippen LogP contribution in [0.25, 0.3) is 6.08 Å². The first-order chi connectivity index (χ1) is 12.4. The molecule has 0 spiro atoms. The molecule has 0 unspecified atom stereocenters. The van der Waals surface area contributed by atoms with Gasteiger partial charge in [-0.15, -0.1) is 0 Å². The number of hydrogen-bond acceptors (Lipinski definition) is 7. The van der Waals surface area contributed by atoms with E-state index in [1.54, 1.807) is 19.9 Å². The molecule has 0 aliphatic carbocycles. The van der Waals surface area contributed by atoms with Gasteiger partial charge in [0.15, 0.2) is 0 Å². The van der Waals surface area contributed by atoms with Crippen molar-refractivity contribution in [2.45, 2.75) is 20.3 Å². The van der Waals surface area contributed by atoms with E-state index >= 15 is 0 Å². The van der Waals surface area contributed by atoms with Crippen molar-refractivity contribution in [3.05, 3.63) is 56.2 Å². The van der Waals surface area contributed by atoms with Crippen LogP contribution in [0.3, 0.4) is 0 Å². The molecule has 2 rings (SSSR count). The van der Waals surface area contributed by atoms with Crippen molar-refractivity contribution >= 4 is 40.4 Å². The molecule has 1 amide bonds. The summed E-state index contributed by atoms with van der Waals surface area (Å²) >= 11 is 0.929. The van der Waals surface area contributed by atoms with Crippen LogP contribution in [0.5, 0.6) is 0 Å². The minimum Gasteiger partial charge on any atom is -0.506 e. The van der Waals surface area contributed by atoms with Crippen LogP contribution in [0.2, 0.25) is 0 Å². The zero-order chi connectivity index (χ0) is 19.3. The number of rotatable bonds is 5. The van der Waals surface area contributed by atoms with Crippen molar-refractivity contribution in [3.63, 3.8) is 0 Å². The number of nitrogens with zero attached hydrogens (tertiary/aromatic N) is 2. The Bertz CT molecular complexity index is 857. The Kier molecular flexibility index (Phi) is 6.29. The van der Waals surface area contributed by atoms with Gasteiger partial charge in [0.1, 0.15) is 16.4 Å². The predicted octanol–water partition coefficient (Wildman–Crippen LogP) is 3.39. The van der Waals surface area contributed by atoms with Gasteiger partial charge in [0.2, 0.25) is 5.91 Å². The molecular formula is C17H16N2O6S. The number of nitro benzene ring substituents is 1. The minimum absolute atomic E-state index is 0.0458. The van der Waals surface area contributed by atoms with E-state index in [9.17, 15) is 24.8 Å². The smallest absolute Gasteiger partial charge is 0.344 e. The predicted molar refractivity (Wildman–Crippen MR) is 97.7 cm³/mol. The first kappa shape index (κ1) is 19.4. The first-order valence-corrected chi connectivity index (χ1v) is 8.55. The second-order valence-electron chi connectivity index (χ2n) is 5.07. The van der Waals surface area contributed by atoms with E-state index in [0.29, 0.717) is 5.56 Å². The van der Waals surface area contributed by atoms with Crippen molar-refractivity contribution in [1.29, 1.82) is 0 Å². The Labute approximate surface area is 153 Å². The number of non-ortho nitro benzene ring substituents is 1. The van der Waals surface area contributed by atoms with Crippen molar-refractivity contribution in [3.8, 4) is 0 Å². The van der Waals surface area contributed by atoms with Gasteiger partial charge in [-0.25, -0.2) is 9.79 Å². The fourth-order valence-electron chi connectivity index (χ4n) is 2.06. The molecule has 0 bridgehead atoms. The maximum absolute atomic E-state index is 12.1. The normalized spacial score (nSPS) is 17.0. The number of carbonyl (C=O) groups excluding carboxylic acids is 2. The number of nitro groups is 1. The third kappa shape index (κ3) is 4.37. The van der Waals surface area contributed by atoms with Gasteiger partial charge < -0.3 is 9.84 Å². The van der Waals surface area contributed by atoms with Gasteiger partial charge in [0, 0.05) is 18.6 Å². The molecular weight excluding hydrogens is 360 g/mol. The summed E-state index contributed by atoms with van der Waals surface area (Å²) in [6.07, 6.45) is 1.62. The molecule has 0 fully saturated rings. The lowest BCUT2D eigenvalue weighted by Gasteiger charge is -2.02. The van der Waals surface area contributed by atoms with E-state index in [1.165, 1.54) is 24.3 Å². The van der Waals surface area contributed by atoms with Gasteiger partial charge >= 0.3 is 5.97 Å². The van der Waals surface area contributed by atoms with Crippen molar-refractivity contribution in [1.82, 2.24) is 0 Å². The fourth-order valence-corrected chi connectivity index (χ4v) is 3.10. The number of aliphatic imine (C=N–C) groups is 1. The SMILES string of the molecule is CCOC(=O)C1=C(O)/C(=C/c2cccc([N+](=O)[O-])c2)SC1=NC(=O)CC. The maximum Gasteiger partial charge on any atom is 0.344 e. The number of benzene rings is 1. The summed E-state index contributed by atoms with van der Waals surface area (Å²) in [5, 5.41) is 21.3.